The number of hydrogen-bond donors (Lipinski definition) is 1. The summed E-state index contributed by atoms with van der Waals surface area (Å²) in [7, 11) is 0. The number of nitrogens with one attached hydrogen (secondary N) is 1. The Morgan fingerprint density at radius 3 is 2.91 bits per heavy atom. The Morgan fingerprint density at radius 1 is 1.39 bits per heavy atom. The molecule has 2 aliphatic heterocycles. The third kappa shape index (κ3) is 4.68. The van der Waals surface area contributed by atoms with Crippen LogP contribution in [0.5, 0.6) is 0 Å². The second kappa shape index (κ2) is 8.46. The van der Waals surface area contributed by atoms with Gasteiger partial charge in [-0.05, 0) is 40.9 Å². The maximum atomic E-state index is 12.5. The quantitative estimate of drug-likeness (QED) is 0.809. The SMILES string of the molecule is Cl.O=C(Cc1ccc(Br)s1)N1CCCC(N2CCNCC2=O)C1. The van der Waals surface area contributed by atoms with E-state index in [-0.39, 0.29) is 30.3 Å². The normalized spacial score (nSPS) is 22.0. The van der Waals surface area contributed by atoms with E-state index in [9.17, 15) is 9.59 Å². The molecule has 8 heteroatoms. The molecule has 128 valence electrons. The Labute approximate surface area is 154 Å². The zero-order chi connectivity index (χ0) is 15.5. The summed E-state index contributed by atoms with van der Waals surface area (Å²) in [5, 5.41) is 3.10. The molecule has 2 amide bonds. The van der Waals surface area contributed by atoms with Crippen molar-refractivity contribution in [1.82, 2.24) is 15.1 Å². The Balaban J connectivity index is 0.00000192. The van der Waals surface area contributed by atoms with Gasteiger partial charge in [0.2, 0.25) is 11.8 Å². The van der Waals surface area contributed by atoms with E-state index >= 15 is 0 Å². The predicted octanol–water partition coefficient (Wildman–Crippen LogP) is 1.90. The molecule has 5 nitrogen and oxygen atoms in total. The van der Waals surface area contributed by atoms with Crippen molar-refractivity contribution in [3.8, 4) is 0 Å². The van der Waals surface area contributed by atoms with E-state index in [1.54, 1.807) is 11.3 Å². The fourth-order valence-corrected chi connectivity index (χ4v) is 4.62. The Morgan fingerprint density at radius 2 is 2.22 bits per heavy atom. The van der Waals surface area contributed by atoms with Crippen LogP contribution in [0.1, 0.15) is 17.7 Å². The van der Waals surface area contributed by atoms with Crippen LogP contribution in [0, 0.1) is 0 Å². The number of amides is 2. The van der Waals surface area contributed by atoms with Crippen LogP contribution in [0.15, 0.2) is 15.9 Å². The van der Waals surface area contributed by atoms with Crippen LogP contribution in [0.2, 0.25) is 0 Å². The second-order valence-electron chi connectivity index (χ2n) is 5.78. The Hall–Kier alpha value is -0.630. The summed E-state index contributed by atoms with van der Waals surface area (Å²) >= 11 is 5.04. The number of hydrogen-bond acceptors (Lipinski definition) is 4. The van der Waals surface area contributed by atoms with Crippen LogP contribution >= 0.6 is 39.7 Å². The lowest BCUT2D eigenvalue weighted by Crippen LogP contribution is -2.57. The first-order chi connectivity index (χ1) is 10.6. The molecule has 1 unspecified atom stereocenters. The number of piperazine rings is 1. The lowest BCUT2D eigenvalue weighted by Gasteiger charge is -2.41. The minimum absolute atomic E-state index is 0. The van der Waals surface area contributed by atoms with E-state index in [1.165, 1.54) is 0 Å². The third-order valence-corrected chi connectivity index (χ3v) is 5.89. The van der Waals surface area contributed by atoms with Gasteiger partial charge in [0, 0.05) is 37.1 Å². The molecule has 1 atom stereocenters. The van der Waals surface area contributed by atoms with Crippen molar-refractivity contribution in [3.05, 3.63) is 20.8 Å². The summed E-state index contributed by atoms with van der Waals surface area (Å²) in [6.07, 6.45) is 2.43. The summed E-state index contributed by atoms with van der Waals surface area (Å²) in [6, 6.07) is 4.15. The zero-order valence-corrected chi connectivity index (χ0v) is 16.0. The van der Waals surface area contributed by atoms with Crippen LogP contribution in [0.3, 0.4) is 0 Å². The van der Waals surface area contributed by atoms with Gasteiger partial charge in [-0.2, -0.15) is 0 Å². The van der Waals surface area contributed by atoms with Gasteiger partial charge in [-0.15, -0.1) is 23.7 Å². The number of halogens is 2. The molecule has 0 bridgehead atoms. The zero-order valence-electron chi connectivity index (χ0n) is 12.8. The van der Waals surface area contributed by atoms with E-state index in [0.717, 1.165) is 41.1 Å². The van der Waals surface area contributed by atoms with Crippen LogP contribution in [-0.2, 0) is 16.0 Å². The molecule has 1 aromatic rings. The topological polar surface area (TPSA) is 52.7 Å². The fraction of sp³-hybridized carbons (Fsp3) is 0.600. The standard InChI is InChI=1S/C15H20BrN3O2S.ClH/c16-13-4-3-12(22-13)8-14(20)18-6-1-2-11(10-18)19-7-5-17-9-15(19)21;/h3-4,11,17H,1-2,5-10H2;1H. The average Bonchev–Trinajstić information content (AvgIpc) is 2.93. The molecule has 3 rings (SSSR count). The van der Waals surface area contributed by atoms with E-state index in [4.69, 9.17) is 0 Å². The molecule has 2 fully saturated rings. The molecule has 3 heterocycles. The second-order valence-corrected chi connectivity index (χ2v) is 8.33. The van der Waals surface area contributed by atoms with Crippen molar-refractivity contribution in [1.29, 1.82) is 0 Å². The number of carbonyl (C=O) groups is 2. The molecule has 0 spiro atoms. The Bertz CT molecular complexity index is 569. The van der Waals surface area contributed by atoms with Crippen molar-refractivity contribution >= 4 is 51.5 Å². The van der Waals surface area contributed by atoms with E-state index in [1.807, 2.05) is 21.9 Å². The van der Waals surface area contributed by atoms with Crippen LogP contribution in [0.25, 0.3) is 0 Å². The van der Waals surface area contributed by atoms with Crippen molar-refractivity contribution in [2.24, 2.45) is 0 Å². The maximum absolute atomic E-state index is 12.5. The Kier molecular flexibility index (Phi) is 6.88. The van der Waals surface area contributed by atoms with E-state index in [0.29, 0.717) is 19.5 Å². The van der Waals surface area contributed by atoms with Gasteiger partial charge in [0.1, 0.15) is 0 Å². The molecule has 2 aliphatic rings. The summed E-state index contributed by atoms with van der Waals surface area (Å²) in [4.78, 5) is 29.5. The van der Waals surface area contributed by atoms with Gasteiger partial charge < -0.3 is 15.1 Å². The molecule has 2 saturated heterocycles. The average molecular weight is 423 g/mol. The molecule has 23 heavy (non-hydrogen) atoms. The van der Waals surface area contributed by atoms with Crippen molar-refractivity contribution in [3.63, 3.8) is 0 Å². The molecule has 0 saturated carbocycles. The molecule has 1 aromatic heterocycles. The molecule has 1 N–H and O–H groups in total. The first kappa shape index (κ1) is 18.7. The lowest BCUT2D eigenvalue weighted by molar-refractivity contribution is -0.140. The monoisotopic (exact) mass is 421 g/mol. The molecule has 0 aromatic carbocycles. The minimum atomic E-state index is 0. The van der Waals surface area contributed by atoms with Crippen molar-refractivity contribution in [2.45, 2.75) is 25.3 Å². The van der Waals surface area contributed by atoms with Crippen LogP contribution in [0.4, 0.5) is 0 Å². The van der Waals surface area contributed by atoms with Gasteiger partial charge in [-0.3, -0.25) is 9.59 Å². The number of thiophene rings is 1. The number of rotatable bonds is 3. The minimum Gasteiger partial charge on any atom is -0.340 e. The lowest BCUT2D eigenvalue weighted by atomic mass is 10.0. The first-order valence-corrected chi connectivity index (χ1v) is 9.26. The fourth-order valence-electron chi connectivity index (χ4n) is 3.15. The van der Waals surface area contributed by atoms with Crippen LogP contribution < -0.4 is 5.32 Å². The van der Waals surface area contributed by atoms with Gasteiger partial charge in [0.15, 0.2) is 0 Å². The highest BCUT2D eigenvalue weighted by Gasteiger charge is 2.31. The molecule has 0 radical (unpaired) electrons. The third-order valence-electron chi connectivity index (χ3n) is 4.27. The number of carbonyl (C=O) groups excluding carboxylic acids is 2. The smallest absolute Gasteiger partial charge is 0.236 e. The summed E-state index contributed by atoms with van der Waals surface area (Å²) in [6.45, 7) is 3.51. The van der Waals surface area contributed by atoms with Crippen molar-refractivity contribution < 1.29 is 9.59 Å². The molecular formula is C15H21BrClN3O2S. The highest BCUT2D eigenvalue weighted by molar-refractivity contribution is 9.11. The summed E-state index contributed by atoms with van der Waals surface area (Å²) in [5.74, 6) is 0.328. The van der Waals surface area contributed by atoms with Crippen molar-refractivity contribution in [2.75, 3.05) is 32.7 Å². The van der Waals surface area contributed by atoms with Gasteiger partial charge in [0.25, 0.3) is 0 Å². The van der Waals surface area contributed by atoms with Gasteiger partial charge in [-0.1, -0.05) is 0 Å². The van der Waals surface area contributed by atoms with Gasteiger partial charge in [-0.25, -0.2) is 0 Å². The molecular weight excluding hydrogens is 402 g/mol. The highest BCUT2D eigenvalue weighted by Crippen LogP contribution is 2.24. The predicted molar refractivity (Wildman–Crippen MR) is 97.2 cm³/mol. The van der Waals surface area contributed by atoms with Gasteiger partial charge >= 0.3 is 0 Å². The van der Waals surface area contributed by atoms with Gasteiger partial charge in [0.05, 0.1) is 16.8 Å². The number of likely N-dealkylation sites (tertiary alicyclic amines) is 1. The molecule has 0 aliphatic carbocycles. The van der Waals surface area contributed by atoms with E-state index < -0.39 is 0 Å². The van der Waals surface area contributed by atoms with E-state index in [2.05, 4.69) is 21.2 Å². The highest BCUT2D eigenvalue weighted by atomic mass is 79.9. The summed E-state index contributed by atoms with van der Waals surface area (Å²) < 4.78 is 1.05. The number of nitrogens with zero attached hydrogens (tertiary/aromatic N) is 2. The number of piperidine rings is 1. The first-order valence-electron chi connectivity index (χ1n) is 7.65. The van der Waals surface area contributed by atoms with Crippen LogP contribution in [-0.4, -0.2) is 60.4 Å². The maximum Gasteiger partial charge on any atom is 0.236 e. The largest absolute Gasteiger partial charge is 0.340 e. The summed E-state index contributed by atoms with van der Waals surface area (Å²) in [5.41, 5.74) is 0.